The Morgan fingerprint density at radius 2 is 1.77 bits per heavy atom. The van der Waals surface area contributed by atoms with Crippen LogP contribution in [-0.2, 0) is 10.1 Å². The first kappa shape index (κ1) is 9.97. The zero-order valence-corrected chi connectivity index (χ0v) is 7.82. The smallest absolute Gasteiger partial charge is 0.294 e. The van der Waals surface area contributed by atoms with E-state index in [1.165, 1.54) is 29.3 Å². The number of nitrogens with two attached hydrogens (primary N) is 1. The molecule has 6 heteroatoms. The van der Waals surface area contributed by atoms with Crippen LogP contribution in [0.3, 0.4) is 0 Å². The Morgan fingerprint density at radius 1 is 1.31 bits per heavy atom. The van der Waals surface area contributed by atoms with Crippen LogP contribution in [0.15, 0.2) is 29.2 Å². The molecule has 1 aromatic rings. The number of hydrazine groups is 1. The van der Waals surface area contributed by atoms with Crippen molar-refractivity contribution in [1.82, 2.24) is 0 Å². The molecule has 0 aliphatic carbocycles. The fourth-order valence-electron chi connectivity index (χ4n) is 0.853. The Morgan fingerprint density at radius 3 is 2.08 bits per heavy atom. The van der Waals surface area contributed by atoms with E-state index in [0.717, 1.165) is 0 Å². The third-order valence-corrected chi connectivity index (χ3v) is 2.41. The van der Waals surface area contributed by atoms with Gasteiger partial charge >= 0.3 is 0 Å². The zero-order chi connectivity index (χ0) is 10.1. The van der Waals surface area contributed by atoms with E-state index in [1.807, 2.05) is 0 Å². The van der Waals surface area contributed by atoms with Crippen molar-refractivity contribution in [2.45, 2.75) is 4.90 Å². The second-order valence-corrected chi connectivity index (χ2v) is 4.00. The minimum absolute atomic E-state index is 0.141. The third kappa shape index (κ3) is 2.41. The van der Waals surface area contributed by atoms with Gasteiger partial charge in [0.05, 0.1) is 10.6 Å². The molecule has 0 unspecified atom stereocenters. The molecule has 0 amide bonds. The third-order valence-electron chi connectivity index (χ3n) is 1.54. The van der Waals surface area contributed by atoms with Gasteiger partial charge in [0.2, 0.25) is 0 Å². The molecule has 5 nitrogen and oxygen atoms in total. The lowest BCUT2D eigenvalue weighted by Crippen LogP contribution is -2.24. The van der Waals surface area contributed by atoms with E-state index in [1.54, 1.807) is 7.05 Å². The quantitative estimate of drug-likeness (QED) is 0.408. The van der Waals surface area contributed by atoms with Crippen molar-refractivity contribution >= 4 is 15.8 Å². The number of hydrogen-bond acceptors (Lipinski definition) is 4. The van der Waals surface area contributed by atoms with E-state index in [9.17, 15) is 8.42 Å². The predicted octanol–water partition coefficient (Wildman–Crippen LogP) is 0.243. The zero-order valence-electron chi connectivity index (χ0n) is 7.01. The highest BCUT2D eigenvalue weighted by atomic mass is 32.2. The fourth-order valence-corrected chi connectivity index (χ4v) is 1.33. The first-order chi connectivity index (χ1) is 5.91. The average molecular weight is 202 g/mol. The number of benzene rings is 1. The minimum atomic E-state index is -4.10. The van der Waals surface area contributed by atoms with Crippen LogP contribution in [0.1, 0.15) is 0 Å². The fraction of sp³-hybridized carbons (Fsp3) is 0.143. The second-order valence-electron chi connectivity index (χ2n) is 2.58. The van der Waals surface area contributed by atoms with Crippen LogP contribution in [0.5, 0.6) is 0 Å². The second kappa shape index (κ2) is 3.33. The maximum absolute atomic E-state index is 10.6. The molecule has 0 aromatic heterocycles. The van der Waals surface area contributed by atoms with Crippen molar-refractivity contribution in [3.05, 3.63) is 24.3 Å². The number of rotatable bonds is 2. The lowest BCUT2D eigenvalue weighted by Gasteiger charge is -2.11. The van der Waals surface area contributed by atoms with Gasteiger partial charge in [0, 0.05) is 7.05 Å². The summed E-state index contributed by atoms with van der Waals surface area (Å²) in [6, 6.07) is 5.58. The van der Waals surface area contributed by atoms with Gasteiger partial charge in [0.15, 0.2) is 0 Å². The van der Waals surface area contributed by atoms with E-state index in [2.05, 4.69) is 0 Å². The Balaban J connectivity index is 3.08. The molecular weight excluding hydrogens is 192 g/mol. The van der Waals surface area contributed by atoms with Gasteiger partial charge in [-0.3, -0.25) is 4.55 Å². The summed E-state index contributed by atoms with van der Waals surface area (Å²) in [6.07, 6.45) is 0. The Bertz CT molecular complexity index is 383. The van der Waals surface area contributed by atoms with Gasteiger partial charge in [-0.25, -0.2) is 5.84 Å². The normalized spacial score (nSPS) is 11.3. The Kier molecular flexibility index (Phi) is 2.55. The van der Waals surface area contributed by atoms with Gasteiger partial charge in [-0.2, -0.15) is 8.42 Å². The van der Waals surface area contributed by atoms with Crippen LogP contribution in [0.25, 0.3) is 0 Å². The molecule has 0 bridgehead atoms. The highest BCUT2D eigenvalue weighted by Gasteiger charge is 2.08. The summed E-state index contributed by atoms with van der Waals surface area (Å²) >= 11 is 0. The SMILES string of the molecule is CN(N)c1ccc(S(=O)(=O)O)cc1. The molecule has 72 valence electrons. The maximum Gasteiger partial charge on any atom is 0.294 e. The van der Waals surface area contributed by atoms with Gasteiger partial charge in [-0.05, 0) is 24.3 Å². The van der Waals surface area contributed by atoms with Crippen molar-refractivity contribution in [3.8, 4) is 0 Å². The van der Waals surface area contributed by atoms with E-state index in [0.29, 0.717) is 5.69 Å². The standard InChI is InChI=1S/C7H10N2O3S/c1-9(8)6-2-4-7(5-3-6)13(10,11)12/h2-5H,8H2,1H3,(H,10,11,12). The molecule has 1 rings (SSSR count). The molecule has 0 saturated carbocycles. The summed E-state index contributed by atoms with van der Waals surface area (Å²) in [4.78, 5) is -0.141. The van der Waals surface area contributed by atoms with Crippen LogP contribution in [0.2, 0.25) is 0 Å². The van der Waals surface area contributed by atoms with Gasteiger partial charge in [-0.15, -0.1) is 0 Å². The lowest BCUT2D eigenvalue weighted by atomic mass is 10.3. The molecule has 0 spiro atoms. The molecule has 13 heavy (non-hydrogen) atoms. The molecule has 0 fully saturated rings. The van der Waals surface area contributed by atoms with E-state index < -0.39 is 10.1 Å². The average Bonchev–Trinajstić information content (AvgIpc) is 2.03. The van der Waals surface area contributed by atoms with Gasteiger partial charge < -0.3 is 5.01 Å². The van der Waals surface area contributed by atoms with Crippen LogP contribution in [-0.4, -0.2) is 20.0 Å². The van der Waals surface area contributed by atoms with Crippen LogP contribution in [0.4, 0.5) is 5.69 Å². The topological polar surface area (TPSA) is 83.6 Å². The summed E-state index contributed by atoms with van der Waals surface area (Å²) in [5.41, 5.74) is 0.660. The molecule has 0 atom stereocenters. The largest absolute Gasteiger partial charge is 0.314 e. The van der Waals surface area contributed by atoms with E-state index in [4.69, 9.17) is 10.4 Å². The van der Waals surface area contributed by atoms with Crippen molar-refractivity contribution in [3.63, 3.8) is 0 Å². The molecule has 0 saturated heterocycles. The summed E-state index contributed by atoms with van der Waals surface area (Å²) in [6.45, 7) is 0. The van der Waals surface area contributed by atoms with E-state index >= 15 is 0 Å². The summed E-state index contributed by atoms with van der Waals surface area (Å²) in [5.74, 6) is 5.39. The highest BCUT2D eigenvalue weighted by Crippen LogP contribution is 2.14. The minimum Gasteiger partial charge on any atom is -0.314 e. The predicted molar refractivity (Wildman–Crippen MR) is 48.8 cm³/mol. The monoisotopic (exact) mass is 202 g/mol. The molecule has 0 radical (unpaired) electrons. The summed E-state index contributed by atoms with van der Waals surface area (Å²) in [7, 11) is -2.48. The van der Waals surface area contributed by atoms with Crippen molar-refractivity contribution in [2.75, 3.05) is 12.1 Å². The lowest BCUT2D eigenvalue weighted by molar-refractivity contribution is 0.483. The highest BCUT2D eigenvalue weighted by molar-refractivity contribution is 7.85. The number of anilines is 1. The molecule has 0 heterocycles. The maximum atomic E-state index is 10.6. The number of nitrogens with zero attached hydrogens (tertiary/aromatic N) is 1. The van der Waals surface area contributed by atoms with Crippen LogP contribution >= 0.6 is 0 Å². The molecule has 3 N–H and O–H groups in total. The van der Waals surface area contributed by atoms with Crippen LogP contribution in [0, 0.1) is 0 Å². The van der Waals surface area contributed by atoms with Gasteiger partial charge in [-0.1, -0.05) is 0 Å². The van der Waals surface area contributed by atoms with Crippen LogP contribution < -0.4 is 10.9 Å². The Labute approximate surface area is 76.5 Å². The van der Waals surface area contributed by atoms with E-state index in [-0.39, 0.29) is 4.90 Å². The van der Waals surface area contributed by atoms with Crippen molar-refractivity contribution < 1.29 is 13.0 Å². The van der Waals surface area contributed by atoms with Gasteiger partial charge in [0.1, 0.15) is 0 Å². The van der Waals surface area contributed by atoms with Gasteiger partial charge in [0.25, 0.3) is 10.1 Å². The molecular formula is C7H10N2O3S. The summed E-state index contributed by atoms with van der Waals surface area (Å²) in [5, 5.41) is 1.34. The first-order valence-corrected chi connectivity index (χ1v) is 4.91. The number of hydrogen-bond donors (Lipinski definition) is 2. The molecule has 0 aliphatic heterocycles. The van der Waals surface area contributed by atoms with Crippen molar-refractivity contribution in [1.29, 1.82) is 0 Å². The van der Waals surface area contributed by atoms with Crippen molar-refractivity contribution in [2.24, 2.45) is 5.84 Å². The molecule has 1 aromatic carbocycles. The first-order valence-electron chi connectivity index (χ1n) is 3.47. The molecule has 0 aliphatic rings. The summed E-state index contributed by atoms with van der Waals surface area (Å²) < 4.78 is 29.9. The Hall–Kier alpha value is -1.11.